The van der Waals surface area contributed by atoms with Crippen molar-refractivity contribution in [1.82, 2.24) is 5.32 Å². The molecule has 23 heavy (non-hydrogen) atoms. The Morgan fingerprint density at radius 2 is 1.91 bits per heavy atom. The third-order valence-electron chi connectivity index (χ3n) is 3.58. The van der Waals surface area contributed by atoms with Gasteiger partial charge in [-0.15, -0.1) is 11.3 Å². The van der Waals surface area contributed by atoms with Gasteiger partial charge in [0, 0.05) is 23.3 Å². The fourth-order valence-corrected chi connectivity index (χ4v) is 3.19. The molecule has 1 unspecified atom stereocenters. The first-order valence-electron chi connectivity index (χ1n) is 7.53. The SMILES string of the molecule is COc1ccccc1C(C)NC(=O)CCC(=O)c1ccc(C)s1. The topological polar surface area (TPSA) is 55.4 Å². The highest BCUT2D eigenvalue weighted by atomic mass is 32.1. The first kappa shape index (κ1) is 17.2. The summed E-state index contributed by atoms with van der Waals surface area (Å²) < 4.78 is 5.30. The number of thiophene rings is 1. The minimum atomic E-state index is -0.169. The van der Waals surface area contributed by atoms with Crippen LogP contribution in [0.4, 0.5) is 0 Å². The van der Waals surface area contributed by atoms with Crippen LogP contribution < -0.4 is 10.1 Å². The second kappa shape index (κ2) is 7.92. The lowest BCUT2D eigenvalue weighted by atomic mass is 10.1. The Labute approximate surface area is 140 Å². The molecule has 0 bridgehead atoms. The molecule has 1 aromatic heterocycles. The van der Waals surface area contributed by atoms with Crippen molar-refractivity contribution < 1.29 is 14.3 Å². The molecule has 0 saturated carbocycles. The first-order chi connectivity index (χ1) is 11.0. The minimum Gasteiger partial charge on any atom is -0.496 e. The summed E-state index contributed by atoms with van der Waals surface area (Å²) in [6.45, 7) is 3.86. The molecular formula is C18H21NO3S. The number of benzene rings is 1. The van der Waals surface area contributed by atoms with Crippen LogP contribution in [-0.4, -0.2) is 18.8 Å². The summed E-state index contributed by atoms with van der Waals surface area (Å²) in [5.41, 5.74) is 0.920. The number of amides is 1. The van der Waals surface area contributed by atoms with E-state index in [1.165, 1.54) is 11.3 Å². The summed E-state index contributed by atoms with van der Waals surface area (Å²) >= 11 is 1.47. The molecule has 0 fully saturated rings. The summed E-state index contributed by atoms with van der Waals surface area (Å²) in [6, 6.07) is 11.1. The highest BCUT2D eigenvalue weighted by molar-refractivity contribution is 7.14. The summed E-state index contributed by atoms with van der Waals surface area (Å²) in [5, 5.41) is 2.92. The van der Waals surface area contributed by atoms with Crippen molar-refractivity contribution in [1.29, 1.82) is 0 Å². The number of Topliss-reactive ketones (excluding diaryl/α,β-unsaturated/α-hetero) is 1. The number of aryl methyl sites for hydroxylation is 1. The van der Waals surface area contributed by atoms with Crippen molar-refractivity contribution in [3.05, 3.63) is 51.7 Å². The Hall–Kier alpha value is -2.14. The van der Waals surface area contributed by atoms with E-state index in [1.54, 1.807) is 7.11 Å². The van der Waals surface area contributed by atoms with E-state index in [0.29, 0.717) is 4.88 Å². The van der Waals surface area contributed by atoms with E-state index in [2.05, 4.69) is 5.32 Å². The quantitative estimate of drug-likeness (QED) is 0.783. The molecule has 1 heterocycles. The van der Waals surface area contributed by atoms with Gasteiger partial charge in [0.25, 0.3) is 0 Å². The zero-order chi connectivity index (χ0) is 16.8. The third-order valence-corrected chi connectivity index (χ3v) is 4.62. The number of hydrogen-bond acceptors (Lipinski definition) is 4. The highest BCUT2D eigenvalue weighted by Crippen LogP contribution is 2.24. The highest BCUT2D eigenvalue weighted by Gasteiger charge is 2.15. The fourth-order valence-electron chi connectivity index (χ4n) is 2.35. The van der Waals surface area contributed by atoms with Gasteiger partial charge in [0.2, 0.25) is 5.91 Å². The molecule has 0 aliphatic rings. The van der Waals surface area contributed by atoms with Gasteiger partial charge >= 0.3 is 0 Å². The lowest BCUT2D eigenvalue weighted by Crippen LogP contribution is -2.27. The van der Waals surface area contributed by atoms with Crippen LogP contribution in [0.5, 0.6) is 5.75 Å². The number of para-hydroxylation sites is 1. The Morgan fingerprint density at radius 1 is 1.17 bits per heavy atom. The van der Waals surface area contributed by atoms with E-state index in [4.69, 9.17) is 4.74 Å². The zero-order valence-corrected chi connectivity index (χ0v) is 14.4. The molecule has 122 valence electrons. The fraction of sp³-hybridized carbons (Fsp3) is 0.333. The lowest BCUT2D eigenvalue weighted by molar-refractivity contribution is -0.121. The van der Waals surface area contributed by atoms with Gasteiger partial charge in [0.1, 0.15) is 5.75 Å². The van der Waals surface area contributed by atoms with E-state index in [1.807, 2.05) is 50.2 Å². The predicted molar refractivity (Wildman–Crippen MR) is 92.2 cm³/mol. The molecular weight excluding hydrogens is 310 g/mol. The first-order valence-corrected chi connectivity index (χ1v) is 8.35. The number of carbonyl (C=O) groups is 2. The lowest BCUT2D eigenvalue weighted by Gasteiger charge is -2.17. The normalized spacial score (nSPS) is 11.8. The van der Waals surface area contributed by atoms with Crippen molar-refractivity contribution in [2.75, 3.05) is 7.11 Å². The Kier molecular flexibility index (Phi) is 5.93. The van der Waals surface area contributed by atoms with Gasteiger partial charge in [0.05, 0.1) is 18.0 Å². The Morgan fingerprint density at radius 3 is 2.57 bits per heavy atom. The van der Waals surface area contributed by atoms with Crippen molar-refractivity contribution in [2.45, 2.75) is 32.7 Å². The molecule has 1 aromatic carbocycles. The molecule has 0 radical (unpaired) electrons. The molecule has 2 rings (SSSR count). The second-order valence-electron chi connectivity index (χ2n) is 5.36. The second-order valence-corrected chi connectivity index (χ2v) is 6.65. The monoisotopic (exact) mass is 331 g/mol. The number of nitrogens with one attached hydrogen (secondary N) is 1. The molecule has 1 amide bonds. The standard InChI is InChI=1S/C18H21NO3S/c1-12-8-10-17(23-12)15(20)9-11-18(21)19-13(2)14-6-4-5-7-16(14)22-3/h4-8,10,13H,9,11H2,1-3H3,(H,19,21). The van der Waals surface area contributed by atoms with Gasteiger partial charge in [-0.05, 0) is 32.0 Å². The molecule has 1 N–H and O–H groups in total. The molecule has 0 aliphatic heterocycles. The van der Waals surface area contributed by atoms with Crippen molar-refractivity contribution in [3.63, 3.8) is 0 Å². The van der Waals surface area contributed by atoms with E-state index < -0.39 is 0 Å². The molecule has 2 aromatic rings. The van der Waals surface area contributed by atoms with Gasteiger partial charge < -0.3 is 10.1 Å². The van der Waals surface area contributed by atoms with Crippen LogP contribution in [0.1, 0.15) is 45.9 Å². The van der Waals surface area contributed by atoms with Crippen LogP contribution in [0, 0.1) is 6.92 Å². The summed E-state index contributed by atoms with van der Waals surface area (Å²) in [5.74, 6) is 0.624. The van der Waals surface area contributed by atoms with Crippen LogP contribution in [0.3, 0.4) is 0 Å². The van der Waals surface area contributed by atoms with E-state index in [0.717, 1.165) is 16.2 Å². The van der Waals surface area contributed by atoms with Crippen LogP contribution >= 0.6 is 11.3 Å². The van der Waals surface area contributed by atoms with Gasteiger partial charge in [-0.1, -0.05) is 18.2 Å². The van der Waals surface area contributed by atoms with Crippen LogP contribution in [0.15, 0.2) is 36.4 Å². The van der Waals surface area contributed by atoms with E-state index in [9.17, 15) is 9.59 Å². The smallest absolute Gasteiger partial charge is 0.220 e. The van der Waals surface area contributed by atoms with Crippen molar-refractivity contribution in [3.8, 4) is 5.75 Å². The molecule has 0 spiro atoms. The van der Waals surface area contributed by atoms with Crippen LogP contribution in [0.25, 0.3) is 0 Å². The van der Waals surface area contributed by atoms with Crippen LogP contribution in [-0.2, 0) is 4.79 Å². The number of carbonyl (C=O) groups excluding carboxylic acids is 2. The molecule has 4 nitrogen and oxygen atoms in total. The van der Waals surface area contributed by atoms with Crippen molar-refractivity contribution in [2.24, 2.45) is 0 Å². The zero-order valence-electron chi connectivity index (χ0n) is 13.6. The predicted octanol–water partition coefficient (Wildman–Crippen LogP) is 3.91. The molecule has 0 saturated heterocycles. The Balaban J connectivity index is 1.88. The summed E-state index contributed by atoms with van der Waals surface area (Å²) in [7, 11) is 1.61. The maximum absolute atomic E-state index is 12.1. The molecule has 1 atom stereocenters. The minimum absolute atomic E-state index is 0.0168. The third kappa shape index (κ3) is 4.66. The van der Waals surface area contributed by atoms with E-state index in [-0.39, 0.29) is 30.6 Å². The molecule has 0 aliphatic carbocycles. The average molecular weight is 331 g/mol. The number of methoxy groups -OCH3 is 1. The number of ketones is 1. The van der Waals surface area contributed by atoms with E-state index >= 15 is 0 Å². The van der Waals surface area contributed by atoms with Crippen LogP contribution in [0.2, 0.25) is 0 Å². The maximum Gasteiger partial charge on any atom is 0.220 e. The summed E-state index contributed by atoms with van der Waals surface area (Å²) in [4.78, 5) is 25.9. The Bertz CT molecular complexity index is 693. The van der Waals surface area contributed by atoms with Gasteiger partial charge in [0.15, 0.2) is 5.78 Å². The van der Waals surface area contributed by atoms with Crippen molar-refractivity contribution >= 4 is 23.0 Å². The number of ether oxygens (including phenoxy) is 1. The average Bonchev–Trinajstić information content (AvgIpc) is 2.99. The largest absolute Gasteiger partial charge is 0.496 e. The van der Waals surface area contributed by atoms with Gasteiger partial charge in [-0.2, -0.15) is 0 Å². The number of hydrogen-bond donors (Lipinski definition) is 1. The maximum atomic E-state index is 12.1. The van der Waals surface area contributed by atoms with Gasteiger partial charge in [-0.25, -0.2) is 0 Å². The summed E-state index contributed by atoms with van der Waals surface area (Å²) in [6.07, 6.45) is 0.416. The number of rotatable bonds is 7. The van der Waals surface area contributed by atoms with Gasteiger partial charge in [-0.3, -0.25) is 9.59 Å². The molecule has 5 heteroatoms.